The van der Waals surface area contributed by atoms with Gasteiger partial charge in [0.1, 0.15) is 24.4 Å². The molecule has 0 aliphatic carbocycles. The van der Waals surface area contributed by atoms with Crippen LogP contribution in [0.4, 0.5) is 0 Å². The lowest BCUT2D eigenvalue weighted by Crippen LogP contribution is -2.40. The van der Waals surface area contributed by atoms with E-state index in [9.17, 15) is 15.3 Å². The second kappa shape index (κ2) is 17.4. The Balaban J connectivity index is 1.77. The molecule has 1 aliphatic heterocycles. The topological polar surface area (TPSA) is 79.2 Å². The van der Waals surface area contributed by atoms with Crippen LogP contribution in [0.2, 0.25) is 0 Å². The Labute approximate surface area is 172 Å². The van der Waals surface area contributed by atoms with Gasteiger partial charge in [-0.2, -0.15) is 0 Å². The number of aliphatic hydroxyl groups excluding tert-OH is 3. The zero-order valence-electron chi connectivity index (χ0n) is 17.9. The van der Waals surface area contributed by atoms with Gasteiger partial charge in [0, 0.05) is 6.61 Å². The molecular weight excluding hydrogens is 356 g/mol. The molecule has 1 rings (SSSR count). The highest BCUT2D eigenvalue weighted by atomic mass is 16.5. The number of hydrogen-bond acceptors (Lipinski definition) is 5. The van der Waals surface area contributed by atoms with Gasteiger partial charge in [-0.3, -0.25) is 0 Å². The summed E-state index contributed by atoms with van der Waals surface area (Å²) in [6, 6.07) is 0. The number of unbranched alkanes of at least 4 members (excludes halogenated alkanes) is 11. The fourth-order valence-corrected chi connectivity index (χ4v) is 3.61. The van der Waals surface area contributed by atoms with Crippen molar-refractivity contribution in [1.82, 2.24) is 0 Å². The van der Waals surface area contributed by atoms with Gasteiger partial charge in [-0.15, -0.1) is 0 Å². The fourth-order valence-electron chi connectivity index (χ4n) is 3.61. The highest BCUT2D eigenvalue weighted by Crippen LogP contribution is 2.18. The van der Waals surface area contributed by atoms with Crippen molar-refractivity contribution < 1.29 is 24.8 Å². The van der Waals surface area contributed by atoms with E-state index in [4.69, 9.17) is 9.47 Å². The molecule has 0 unspecified atom stereocenters. The molecule has 0 saturated carbocycles. The van der Waals surface area contributed by atoms with Crippen LogP contribution in [0, 0.1) is 0 Å². The summed E-state index contributed by atoms with van der Waals surface area (Å²) in [5.41, 5.74) is 0. The number of ether oxygens (including phenoxy) is 2. The van der Waals surface area contributed by atoms with Crippen LogP contribution in [0.15, 0.2) is 12.2 Å². The van der Waals surface area contributed by atoms with E-state index in [1.54, 1.807) is 0 Å². The standard InChI is InChI=1S/C23H44O5/c1-2-3-4-5-6-7-8-9-10-11-12-13-14-15-16-17-27-18-21(25)23-22(26)20(24)19-28-23/h3-4,20-26H,2,5-19H2,1H3/b4-3+/t20-,21+,22-,23-/m0/s1. The van der Waals surface area contributed by atoms with E-state index in [1.165, 1.54) is 64.2 Å². The monoisotopic (exact) mass is 400 g/mol. The first kappa shape index (κ1) is 25.6. The summed E-state index contributed by atoms with van der Waals surface area (Å²) in [6.45, 7) is 3.02. The highest BCUT2D eigenvalue weighted by Gasteiger charge is 2.39. The average Bonchev–Trinajstić information content (AvgIpc) is 3.03. The summed E-state index contributed by atoms with van der Waals surface area (Å²) in [7, 11) is 0. The van der Waals surface area contributed by atoms with Crippen molar-refractivity contribution in [3.8, 4) is 0 Å². The minimum atomic E-state index is -1.03. The molecule has 0 bridgehead atoms. The Bertz CT molecular complexity index is 374. The molecule has 3 N–H and O–H groups in total. The van der Waals surface area contributed by atoms with Gasteiger partial charge >= 0.3 is 0 Å². The molecule has 5 nitrogen and oxygen atoms in total. The summed E-state index contributed by atoms with van der Waals surface area (Å²) in [6.07, 6.45) is 17.6. The van der Waals surface area contributed by atoms with Crippen LogP contribution < -0.4 is 0 Å². The third-order valence-electron chi connectivity index (χ3n) is 5.42. The maximum absolute atomic E-state index is 9.94. The van der Waals surface area contributed by atoms with Crippen molar-refractivity contribution in [1.29, 1.82) is 0 Å². The van der Waals surface area contributed by atoms with Crippen molar-refractivity contribution in [3.05, 3.63) is 12.2 Å². The zero-order valence-corrected chi connectivity index (χ0v) is 17.9. The maximum atomic E-state index is 9.94. The Morgan fingerprint density at radius 1 is 0.893 bits per heavy atom. The molecule has 0 aromatic rings. The lowest BCUT2D eigenvalue weighted by Gasteiger charge is -2.20. The van der Waals surface area contributed by atoms with Gasteiger partial charge in [0.15, 0.2) is 0 Å². The molecule has 1 saturated heterocycles. The van der Waals surface area contributed by atoms with Gasteiger partial charge in [0.2, 0.25) is 0 Å². The lowest BCUT2D eigenvalue weighted by atomic mass is 10.1. The first-order valence-electron chi connectivity index (χ1n) is 11.5. The summed E-state index contributed by atoms with van der Waals surface area (Å²) in [5, 5.41) is 29.0. The number of hydrogen-bond donors (Lipinski definition) is 3. The normalized spacial score (nSPS) is 23.6. The smallest absolute Gasteiger partial charge is 0.114 e. The van der Waals surface area contributed by atoms with Crippen LogP contribution in [-0.4, -0.2) is 59.6 Å². The van der Waals surface area contributed by atoms with E-state index in [-0.39, 0.29) is 13.2 Å². The van der Waals surface area contributed by atoms with E-state index in [2.05, 4.69) is 19.1 Å². The molecule has 0 aromatic heterocycles. The van der Waals surface area contributed by atoms with Crippen molar-refractivity contribution in [3.63, 3.8) is 0 Å². The molecule has 0 radical (unpaired) electrons. The van der Waals surface area contributed by atoms with Crippen LogP contribution >= 0.6 is 0 Å². The van der Waals surface area contributed by atoms with Crippen LogP contribution in [0.1, 0.15) is 90.4 Å². The van der Waals surface area contributed by atoms with Crippen molar-refractivity contribution in [2.45, 2.75) is 115 Å². The second-order valence-electron chi connectivity index (χ2n) is 8.06. The minimum absolute atomic E-state index is 0.0690. The molecular formula is C23H44O5. The second-order valence-corrected chi connectivity index (χ2v) is 8.06. The van der Waals surface area contributed by atoms with Crippen LogP contribution in [-0.2, 0) is 9.47 Å². The van der Waals surface area contributed by atoms with Crippen LogP contribution in [0.3, 0.4) is 0 Å². The summed E-state index contributed by atoms with van der Waals surface area (Å²) >= 11 is 0. The fraction of sp³-hybridized carbons (Fsp3) is 0.913. The van der Waals surface area contributed by atoms with Crippen LogP contribution in [0.5, 0.6) is 0 Å². The zero-order chi connectivity index (χ0) is 20.5. The number of rotatable bonds is 18. The van der Waals surface area contributed by atoms with Gasteiger partial charge in [0.25, 0.3) is 0 Å². The molecule has 0 spiro atoms. The Morgan fingerprint density at radius 2 is 1.46 bits per heavy atom. The van der Waals surface area contributed by atoms with E-state index in [0.29, 0.717) is 6.61 Å². The Morgan fingerprint density at radius 3 is 2.00 bits per heavy atom. The molecule has 0 amide bonds. The summed E-state index contributed by atoms with van der Waals surface area (Å²) < 4.78 is 10.7. The Kier molecular flexibility index (Phi) is 15.9. The molecule has 166 valence electrons. The molecule has 1 aliphatic rings. The van der Waals surface area contributed by atoms with Gasteiger partial charge in [-0.05, 0) is 25.7 Å². The van der Waals surface area contributed by atoms with E-state index in [0.717, 1.165) is 19.3 Å². The first-order valence-corrected chi connectivity index (χ1v) is 11.5. The molecule has 0 aromatic carbocycles. The van der Waals surface area contributed by atoms with Gasteiger partial charge < -0.3 is 24.8 Å². The summed E-state index contributed by atoms with van der Waals surface area (Å²) in [5.74, 6) is 0. The SMILES string of the molecule is CC/C=C/CCCCCCCCCCCCCOC[C@@H](O)[C@@H]1OC[C@H](O)[C@@H]1O. The quantitative estimate of drug-likeness (QED) is 0.238. The Hall–Kier alpha value is -0.460. The maximum Gasteiger partial charge on any atom is 0.114 e. The molecule has 4 atom stereocenters. The van der Waals surface area contributed by atoms with Gasteiger partial charge in [-0.25, -0.2) is 0 Å². The predicted octanol–water partition coefficient (Wildman–Crippen LogP) is 4.13. The lowest BCUT2D eigenvalue weighted by molar-refractivity contribution is -0.0813. The van der Waals surface area contributed by atoms with Gasteiger partial charge in [0.05, 0.1) is 13.2 Å². The van der Waals surface area contributed by atoms with Crippen LogP contribution in [0.25, 0.3) is 0 Å². The van der Waals surface area contributed by atoms with Gasteiger partial charge in [-0.1, -0.05) is 76.9 Å². The minimum Gasteiger partial charge on any atom is -0.388 e. The number of aliphatic hydroxyl groups is 3. The average molecular weight is 401 g/mol. The van der Waals surface area contributed by atoms with E-state index >= 15 is 0 Å². The van der Waals surface area contributed by atoms with E-state index in [1.807, 2.05) is 0 Å². The highest BCUT2D eigenvalue weighted by molar-refractivity contribution is 4.87. The third-order valence-corrected chi connectivity index (χ3v) is 5.42. The summed E-state index contributed by atoms with van der Waals surface area (Å²) in [4.78, 5) is 0. The van der Waals surface area contributed by atoms with Crippen molar-refractivity contribution >= 4 is 0 Å². The molecule has 1 heterocycles. The predicted molar refractivity (Wildman–Crippen MR) is 113 cm³/mol. The first-order chi connectivity index (χ1) is 13.7. The largest absolute Gasteiger partial charge is 0.388 e. The molecule has 28 heavy (non-hydrogen) atoms. The van der Waals surface area contributed by atoms with Crippen molar-refractivity contribution in [2.24, 2.45) is 0 Å². The van der Waals surface area contributed by atoms with E-state index < -0.39 is 24.4 Å². The number of allylic oxidation sites excluding steroid dienone is 2. The van der Waals surface area contributed by atoms with Crippen molar-refractivity contribution in [2.75, 3.05) is 19.8 Å². The molecule has 1 fully saturated rings. The third kappa shape index (κ3) is 12.2. The molecule has 5 heteroatoms.